The molecule has 1 aliphatic rings. The van der Waals surface area contributed by atoms with E-state index in [-0.39, 0.29) is 17.4 Å². The Morgan fingerprint density at radius 2 is 1.52 bits per heavy atom. The third-order valence-electron chi connectivity index (χ3n) is 6.92. The van der Waals surface area contributed by atoms with Crippen LogP contribution in [0.2, 0.25) is 0 Å². The average molecular weight is 380 g/mol. The first-order valence-corrected chi connectivity index (χ1v) is 12.0. The summed E-state index contributed by atoms with van der Waals surface area (Å²) < 4.78 is 0. The standard InChI is InChI=1S/C25H49NO/c1-7-8-16-22(3)23(27)26-25(6)19-12-11-18-24(4,5)17-10-9-14-21(2)15-13-20-25/h21-22H,7-20H2,1-6H3,(H,26,27). The lowest BCUT2D eigenvalue weighted by molar-refractivity contribution is -0.126. The van der Waals surface area contributed by atoms with Gasteiger partial charge in [-0.1, -0.05) is 92.4 Å². The van der Waals surface area contributed by atoms with Gasteiger partial charge in [0.2, 0.25) is 5.91 Å². The number of unbranched alkanes of at least 4 members (excludes halogenated alkanes) is 1. The van der Waals surface area contributed by atoms with E-state index in [1.165, 1.54) is 64.2 Å². The molecule has 3 atom stereocenters. The van der Waals surface area contributed by atoms with Crippen LogP contribution in [0, 0.1) is 17.3 Å². The topological polar surface area (TPSA) is 29.1 Å². The minimum Gasteiger partial charge on any atom is -0.351 e. The predicted octanol–water partition coefficient (Wildman–Crippen LogP) is 7.65. The summed E-state index contributed by atoms with van der Waals surface area (Å²) in [5.74, 6) is 1.24. The van der Waals surface area contributed by atoms with Gasteiger partial charge in [0.15, 0.2) is 0 Å². The van der Waals surface area contributed by atoms with Gasteiger partial charge in [0, 0.05) is 11.5 Å². The van der Waals surface area contributed by atoms with Gasteiger partial charge in [-0.05, 0) is 50.4 Å². The van der Waals surface area contributed by atoms with Crippen molar-refractivity contribution >= 4 is 5.91 Å². The number of carbonyl (C=O) groups excluding carboxylic acids is 1. The van der Waals surface area contributed by atoms with E-state index >= 15 is 0 Å². The summed E-state index contributed by atoms with van der Waals surface area (Å²) in [5, 5.41) is 3.48. The average Bonchev–Trinajstić information content (AvgIpc) is 2.60. The lowest BCUT2D eigenvalue weighted by Crippen LogP contribution is -2.48. The van der Waals surface area contributed by atoms with Crippen molar-refractivity contribution in [3.8, 4) is 0 Å². The molecule has 160 valence electrons. The van der Waals surface area contributed by atoms with E-state index in [4.69, 9.17) is 0 Å². The molecule has 2 heteroatoms. The summed E-state index contributed by atoms with van der Waals surface area (Å²) in [6, 6.07) is 0. The summed E-state index contributed by atoms with van der Waals surface area (Å²) in [6.45, 7) is 13.9. The van der Waals surface area contributed by atoms with Crippen LogP contribution in [0.1, 0.15) is 131 Å². The van der Waals surface area contributed by atoms with E-state index in [2.05, 4.69) is 46.9 Å². The largest absolute Gasteiger partial charge is 0.351 e. The third-order valence-corrected chi connectivity index (χ3v) is 6.92. The van der Waals surface area contributed by atoms with Gasteiger partial charge >= 0.3 is 0 Å². The Morgan fingerprint density at radius 3 is 2.19 bits per heavy atom. The van der Waals surface area contributed by atoms with E-state index in [9.17, 15) is 4.79 Å². The molecule has 0 aromatic heterocycles. The van der Waals surface area contributed by atoms with Crippen LogP contribution in [0.5, 0.6) is 0 Å². The molecule has 27 heavy (non-hydrogen) atoms. The molecule has 2 nitrogen and oxygen atoms in total. The van der Waals surface area contributed by atoms with Gasteiger partial charge in [-0.2, -0.15) is 0 Å². The van der Waals surface area contributed by atoms with Crippen LogP contribution in [0.15, 0.2) is 0 Å². The normalized spacial score (nSPS) is 29.5. The Labute approximate surface area is 170 Å². The Hall–Kier alpha value is -0.530. The molecule has 1 rings (SSSR count). The van der Waals surface area contributed by atoms with Gasteiger partial charge < -0.3 is 5.32 Å². The van der Waals surface area contributed by atoms with Gasteiger partial charge in [-0.15, -0.1) is 0 Å². The first kappa shape index (κ1) is 24.5. The molecule has 0 aliphatic heterocycles. The predicted molar refractivity (Wildman–Crippen MR) is 119 cm³/mol. The summed E-state index contributed by atoms with van der Waals surface area (Å²) in [7, 11) is 0. The monoisotopic (exact) mass is 379 g/mol. The number of hydrogen-bond donors (Lipinski definition) is 1. The van der Waals surface area contributed by atoms with Gasteiger partial charge in [0.05, 0.1) is 0 Å². The molecule has 1 amide bonds. The zero-order valence-electron chi connectivity index (χ0n) is 19.5. The second-order valence-electron chi connectivity index (χ2n) is 10.7. The highest BCUT2D eigenvalue weighted by Crippen LogP contribution is 2.33. The lowest BCUT2D eigenvalue weighted by atomic mass is 9.79. The molecular formula is C25H49NO. The molecule has 0 saturated heterocycles. The van der Waals surface area contributed by atoms with Gasteiger partial charge in [-0.25, -0.2) is 0 Å². The molecule has 0 radical (unpaired) electrons. The summed E-state index contributed by atoms with van der Waals surface area (Å²) in [5.41, 5.74) is 0.452. The number of carbonyl (C=O) groups is 1. The molecular weight excluding hydrogens is 330 g/mol. The maximum atomic E-state index is 12.8. The first-order chi connectivity index (χ1) is 12.7. The number of amides is 1. The molecule has 1 fully saturated rings. The highest BCUT2D eigenvalue weighted by Gasteiger charge is 2.28. The van der Waals surface area contributed by atoms with Crippen molar-refractivity contribution in [3.63, 3.8) is 0 Å². The zero-order chi connectivity index (χ0) is 20.3. The van der Waals surface area contributed by atoms with Gasteiger partial charge in [0.1, 0.15) is 0 Å². The summed E-state index contributed by atoms with van der Waals surface area (Å²) >= 11 is 0. The molecule has 0 aromatic carbocycles. The van der Waals surface area contributed by atoms with E-state index in [0.29, 0.717) is 5.41 Å². The van der Waals surface area contributed by atoms with Crippen LogP contribution in [-0.4, -0.2) is 11.4 Å². The minimum absolute atomic E-state index is 0.0223. The van der Waals surface area contributed by atoms with Crippen LogP contribution in [-0.2, 0) is 4.79 Å². The fourth-order valence-corrected chi connectivity index (χ4v) is 4.64. The fraction of sp³-hybridized carbons (Fsp3) is 0.960. The van der Waals surface area contributed by atoms with Crippen molar-refractivity contribution in [1.82, 2.24) is 5.32 Å². The summed E-state index contributed by atoms with van der Waals surface area (Å²) in [4.78, 5) is 12.8. The van der Waals surface area contributed by atoms with E-state index < -0.39 is 0 Å². The first-order valence-electron chi connectivity index (χ1n) is 12.0. The molecule has 1 saturated carbocycles. The van der Waals surface area contributed by atoms with Crippen molar-refractivity contribution in [3.05, 3.63) is 0 Å². The van der Waals surface area contributed by atoms with Crippen LogP contribution in [0.4, 0.5) is 0 Å². The second-order valence-corrected chi connectivity index (χ2v) is 10.7. The van der Waals surface area contributed by atoms with E-state index in [1.54, 1.807) is 0 Å². The van der Waals surface area contributed by atoms with Gasteiger partial charge in [0.25, 0.3) is 0 Å². The fourth-order valence-electron chi connectivity index (χ4n) is 4.64. The maximum Gasteiger partial charge on any atom is 0.223 e. The maximum absolute atomic E-state index is 12.8. The van der Waals surface area contributed by atoms with Crippen molar-refractivity contribution in [2.75, 3.05) is 0 Å². The molecule has 0 aromatic rings. The van der Waals surface area contributed by atoms with Crippen molar-refractivity contribution in [2.45, 2.75) is 137 Å². The Morgan fingerprint density at radius 1 is 0.963 bits per heavy atom. The van der Waals surface area contributed by atoms with Crippen LogP contribution in [0.25, 0.3) is 0 Å². The number of nitrogens with one attached hydrogen (secondary N) is 1. The Bertz CT molecular complexity index is 417. The van der Waals surface area contributed by atoms with Gasteiger partial charge in [-0.3, -0.25) is 4.79 Å². The molecule has 0 spiro atoms. The van der Waals surface area contributed by atoms with E-state index in [0.717, 1.165) is 31.6 Å². The Balaban J connectivity index is 2.69. The zero-order valence-corrected chi connectivity index (χ0v) is 19.5. The number of hydrogen-bond acceptors (Lipinski definition) is 1. The molecule has 0 heterocycles. The van der Waals surface area contributed by atoms with Crippen LogP contribution in [0.3, 0.4) is 0 Å². The summed E-state index contributed by atoms with van der Waals surface area (Å²) in [6.07, 6.45) is 17.5. The minimum atomic E-state index is -0.0223. The smallest absolute Gasteiger partial charge is 0.223 e. The highest BCUT2D eigenvalue weighted by atomic mass is 16.2. The molecule has 1 N–H and O–H groups in total. The SMILES string of the molecule is CCCCC(C)C(=O)NC1(C)CCCCC(C)(C)CCCCC(C)CCC1. The highest BCUT2D eigenvalue weighted by molar-refractivity contribution is 5.79. The Kier molecular flexibility index (Phi) is 11.0. The van der Waals surface area contributed by atoms with Crippen LogP contribution < -0.4 is 5.32 Å². The van der Waals surface area contributed by atoms with Crippen molar-refractivity contribution < 1.29 is 4.79 Å². The second kappa shape index (κ2) is 12.1. The van der Waals surface area contributed by atoms with Crippen molar-refractivity contribution in [1.29, 1.82) is 0 Å². The number of rotatable bonds is 5. The van der Waals surface area contributed by atoms with E-state index in [1.807, 2.05) is 0 Å². The lowest BCUT2D eigenvalue weighted by Gasteiger charge is -2.34. The van der Waals surface area contributed by atoms with Crippen LogP contribution >= 0.6 is 0 Å². The molecule has 0 bridgehead atoms. The third kappa shape index (κ3) is 10.5. The quantitative estimate of drug-likeness (QED) is 0.522. The molecule has 3 unspecified atom stereocenters. The van der Waals surface area contributed by atoms with Crippen molar-refractivity contribution in [2.24, 2.45) is 17.3 Å². The molecule has 1 aliphatic carbocycles.